The van der Waals surface area contributed by atoms with Crippen molar-refractivity contribution in [2.45, 2.75) is 6.42 Å². The minimum absolute atomic E-state index is 0.0556. The van der Waals surface area contributed by atoms with Crippen LogP contribution in [0.4, 0.5) is 0 Å². The Kier molecular flexibility index (Phi) is 14.5. The number of ether oxygens (including phenoxy) is 1. The van der Waals surface area contributed by atoms with E-state index in [0.29, 0.717) is 13.2 Å². The standard InChI is InChI=1S/C6H10O.C4H6O2/c1-3-5-7-6-4-2;1-2-3-4(5)6/h3-4H,1-2,5-6H2;2H,1,3H2,(H,5,6). The molecule has 0 rings (SSSR count). The van der Waals surface area contributed by atoms with Gasteiger partial charge >= 0.3 is 5.97 Å². The fourth-order valence-corrected chi connectivity index (χ4v) is 0.358. The van der Waals surface area contributed by atoms with E-state index in [0.717, 1.165) is 0 Å². The summed E-state index contributed by atoms with van der Waals surface area (Å²) in [5.41, 5.74) is 0. The van der Waals surface area contributed by atoms with Gasteiger partial charge in [0.15, 0.2) is 0 Å². The lowest BCUT2D eigenvalue weighted by Crippen LogP contribution is -1.88. The van der Waals surface area contributed by atoms with E-state index in [9.17, 15) is 4.79 Å². The van der Waals surface area contributed by atoms with Gasteiger partial charge in [0, 0.05) is 0 Å². The first-order valence-electron chi connectivity index (χ1n) is 3.81. The summed E-state index contributed by atoms with van der Waals surface area (Å²) in [5.74, 6) is -0.829. The predicted octanol–water partition coefficient (Wildman–Crippen LogP) is 2.02. The summed E-state index contributed by atoms with van der Waals surface area (Å²) in [5, 5.41) is 7.84. The van der Waals surface area contributed by atoms with Crippen LogP contribution in [0, 0.1) is 0 Å². The molecular weight excluding hydrogens is 168 g/mol. The lowest BCUT2D eigenvalue weighted by Gasteiger charge is -1.89. The van der Waals surface area contributed by atoms with Crippen molar-refractivity contribution in [1.29, 1.82) is 0 Å². The highest BCUT2D eigenvalue weighted by atomic mass is 16.5. The maximum atomic E-state index is 9.53. The van der Waals surface area contributed by atoms with E-state index in [2.05, 4.69) is 19.7 Å². The molecular formula is C10H16O3. The third-order valence-electron chi connectivity index (χ3n) is 0.790. The molecule has 0 spiro atoms. The second-order valence-electron chi connectivity index (χ2n) is 2.00. The van der Waals surface area contributed by atoms with E-state index in [4.69, 9.17) is 9.84 Å². The first-order valence-corrected chi connectivity index (χ1v) is 3.81. The number of hydrogen-bond donors (Lipinski definition) is 1. The lowest BCUT2D eigenvalue weighted by atomic mass is 10.4. The molecule has 0 amide bonds. The second-order valence-corrected chi connectivity index (χ2v) is 2.00. The number of aliphatic carboxylic acids is 1. The molecule has 0 aliphatic rings. The second kappa shape index (κ2) is 13.3. The van der Waals surface area contributed by atoms with Gasteiger partial charge in [0.05, 0.1) is 19.6 Å². The fraction of sp³-hybridized carbons (Fsp3) is 0.300. The van der Waals surface area contributed by atoms with E-state index in [1.165, 1.54) is 6.08 Å². The van der Waals surface area contributed by atoms with Gasteiger partial charge in [-0.3, -0.25) is 4.79 Å². The van der Waals surface area contributed by atoms with Crippen LogP contribution in [0.25, 0.3) is 0 Å². The number of hydrogen-bond acceptors (Lipinski definition) is 2. The molecule has 0 aliphatic carbocycles. The Morgan fingerprint density at radius 2 is 1.62 bits per heavy atom. The van der Waals surface area contributed by atoms with Gasteiger partial charge in [-0.2, -0.15) is 0 Å². The molecule has 0 saturated carbocycles. The Morgan fingerprint density at radius 3 is 1.77 bits per heavy atom. The average Bonchev–Trinajstić information content (AvgIpc) is 2.06. The monoisotopic (exact) mass is 184 g/mol. The molecule has 0 aromatic carbocycles. The molecule has 0 aromatic heterocycles. The van der Waals surface area contributed by atoms with Gasteiger partial charge < -0.3 is 9.84 Å². The minimum atomic E-state index is -0.829. The minimum Gasteiger partial charge on any atom is -0.481 e. The Bertz CT molecular complexity index is 154. The van der Waals surface area contributed by atoms with Crippen molar-refractivity contribution in [2.24, 2.45) is 0 Å². The first-order chi connectivity index (χ1) is 6.18. The Morgan fingerprint density at radius 1 is 1.15 bits per heavy atom. The van der Waals surface area contributed by atoms with E-state index in [-0.39, 0.29) is 6.42 Å². The van der Waals surface area contributed by atoms with Crippen LogP contribution in [0.1, 0.15) is 6.42 Å². The highest BCUT2D eigenvalue weighted by Crippen LogP contribution is 1.74. The number of rotatable bonds is 6. The summed E-state index contributed by atoms with van der Waals surface area (Å²) in [6.45, 7) is 11.4. The Labute approximate surface area is 79.0 Å². The van der Waals surface area contributed by atoms with Crippen molar-refractivity contribution >= 4 is 5.97 Å². The Balaban J connectivity index is 0. The summed E-state index contributed by atoms with van der Waals surface area (Å²) in [6, 6.07) is 0. The number of carbonyl (C=O) groups is 1. The number of carboxylic acids is 1. The summed E-state index contributed by atoms with van der Waals surface area (Å²) in [6.07, 6.45) is 4.83. The van der Waals surface area contributed by atoms with Crippen LogP contribution >= 0.6 is 0 Å². The molecule has 0 radical (unpaired) electrons. The largest absolute Gasteiger partial charge is 0.481 e. The molecule has 74 valence electrons. The smallest absolute Gasteiger partial charge is 0.307 e. The normalized spacial score (nSPS) is 7.69. The molecule has 0 bridgehead atoms. The van der Waals surface area contributed by atoms with Crippen molar-refractivity contribution in [3.63, 3.8) is 0 Å². The summed E-state index contributed by atoms with van der Waals surface area (Å²) < 4.78 is 4.90. The summed E-state index contributed by atoms with van der Waals surface area (Å²) in [7, 11) is 0. The average molecular weight is 184 g/mol. The maximum Gasteiger partial charge on any atom is 0.307 e. The SMILES string of the molecule is C=CCC(=O)O.C=CCOCC=C. The zero-order valence-electron chi connectivity index (χ0n) is 7.74. The van der Waals surface area contributed by atoms with Crippen LogP contribution in [0.15, 0.2) is 38.0 Å². The number of carboxylic acid groups (broad SMARTS) is 1. The van der Waals surface area contributed by atoms with Gasteiger partial charge in [0.2, 0.25) is 0 Å². The van der Waals surface area contributed by atoms with Gasteiger partial charge in [0.25, 0.3) is 0 Å². The molecule has 0 saturated heterocycles. The lowest BCUT2D eigenvalue weighted by molar-refractivity contribution is -0.135. The van der Waals surface area contributed by atoms with Crippen molar-refractivity contribution in [2.75, 3.05) is 13.2 Å². The fourth-order valence-electron chi connectivity index (χ4n) is 0.358. The zero-order chi connectivity index (χ0) is 10.5. The third kappa shape index (κ3) is 25.0. The van der Waals surface area contributed by atoms with Gasteiger partial charge in [-0.1, -0.05) is 18.2 Å². The zero-order valence-corrected chi connectivity index (χ0v) is 7.74. The van der Waals surface area contributed by atoms with E-state index in [1.54, 1.807) is 12.2 Å². The first kappa shape index (κ1) is 14.2. The Hall–Kier alpha value is -1.35. The van der Waals surface area contributed by atoms with E-state index < -0.39 is 5.97 Å². The molecule has 1 N–H and O–H groups in total. The maximum absolute atomic E-state index is 9.53. The van der Waals surface area contributed by atoms with Crippen molar-refractivity contribution in [1.82, 2.24) is 0 Å². The van der Waals surface area contributed by atoms with Crippen LogP contribution in [-0.4, -0.2) is 24.3 Å². The van der Waals surface area contributed by atoms with Gasteiger partial charge in [0.1, 0.15) is 0 Å². The van der Waals surface area contributed by atoms with Gasteiger partial charge in [-0.25, -0.2) is 0 Å². The van der Waals surface area contributed by atoms with Crippen LogP contribution in [0.2, 0.25) is 0 Å². The van der Waals surface area contributed by atoms with Crippen LogP contribution in [-0.2, 0) is 9.53 Å². The van der Waals surface area contributed by atoms with Gasteiger partial charge in [-0.15, -0.1) is 19.7 Å². The van der Waals surface area contributed by atoms with Gasteiger partial charge in [-0.05, 0) is 0 Å². The van der Waals surface area contributed by atoms with E-state index in [1.807, 2.05) is 0 Å². The molecule has 0 heterocycles. The molecule has 0 aromatic rings. The molecule has 0 fully saturated rings. The van der Waals surface area contributed by atoms with Crippen molar-refractivity contribution in [3.8, 4) is 0 Å². The molecule has 0 aliphatic heterocycles. The summed E-state index contributed by atoms with van der Waals surface area (Å²) in [4.78, 5) is 9.53. The highest BCUT2D eigenvalue weighted by molar-refractivity contribution is 5.68. The van der Waals surface area contributed by atoms with Crippen LogP contribution in [0.3, 0.4) is 0 Å². The van der Waals surface area contributed by atoms with Crippen LogP contribution < -0.4 is 0 Å². The van der Waals surface area contributed by atoms with Crippen molar-refractivity contribution in [3.05, 3.63) is 38.0 Å². The van der Waals surface area contributed by atoms with E-state index >= 15 is 0 Å². The molecule has 13 heavy (non-hydrogen) atoms. The third-order valence-corrected chi connectivity index (χ3v) is 0.790. The topological polar surface area (TPSA) is 46.5 Å². The highest BCUT2D eigenvalue weighted by Gasteiger charge is 1.84. The molecule has 0 atom stereocenters. The summed E-state index contributed by atoms with van der Waals surface area (Å²) >= 11 is 0. The molecule has 3 heteroatoms. The molecule has 0 unspecified atom stereocenters. The quantitative estimate of drug-likeness (QED) is 0.507. The molecule has 3 nitrogen and oxygen atoms in total. The van der Waals surface area contributed by atoms with Crippen molar-refractivity contribution < 1.29 is 14.6 Å². The predicted molar refractivity (Wildman–Crippen MR) is 53.7 cm³/mol. The van der Waals surface area contributed by atoms with Crippen LogP contribution in [0.5, 0.6) is 0 Å².